The molecule has 4 saturated heterocycles. The number of ether oxygens (including phenoxy) is 2. The Morgan fingerprint density at radius 3 is 0.983 bits per heavy atom. The number of morpholine rings is 2. The van der Waals surface area contributed by atoms with Crippen LogP contribution in [-0.4, -0.2) is 227 Å². The van der Waals surface area contributed by atoms with Crippen molar-refractivity contribution >= 4 is 130 Å². The molecule has 0 amide bonds. The SMILES string of the molecule is CCC(O)CNS(=O)(=O)/C(C#N)=C/c1ccc2cc(N3CCCCC3)ccc2c1.CCC(O)CNS(=O)(=O)/C(C#N)=C/c1ccc2cc(N3CCN(C)CC3)ccc2c1.CCC(O)CNS(=O)(=O)/C(C#N)=C/c1ccc2cc(N3CCOCC3)ccc2c1.CCC(O)CNS(=O)(=O)/C(C#N)=C/c1ccc2cc(NCCN3CCOCC3)ccc2c1. The maximum absolute atomic E-state index is 12.4. The molecular weight excluding hydrogens is 1610 g/mol. The highest BCUT2D eigenvalue weighted by molar-refractivity contribution is 7.94. The van der Waals surface area contributed by atoms with Gasteiger partial charge in [0.05, 0.1) is 50.8 Å². The first-order chi connectivity index (χ1) is 57.6. The van der Waals surface area contributed by atoms with Gasteiger partial charge in [0.2, 0.25) is 0 Å². The van der Waals surface area contributed by atoms with E-state index in [0.717, 1.165) is 159 Å². The highest BCUT2D eigenvalue weighted by atomic mass is 32.2. The molecule has 9 N–H and O–H groups in total. The molecule has 4 fully saturated rings. The van der Waals surface area contributed by atoms with E-state index in [4.69, 9.17) is 9.47 Å². The van der Waals surface area contributed by atoms with Crippen molar-refractivity contribution in [2.24, 2.45) is 0 Å². The van der Waals surface area contributed by atoms with Crippen LogP contribution in [0.15, 0.2) is 165 Å². The monoisotopic (exact) mass is 1710 g/mol. The number of nitrogens with zero attached hydrogens (tertiary/aromatic N) is 9. The topological polar surface area (TPSA) is 407 Å². The van der Waals surface area contributed by atoms with E-state index >= 15 is 0 Å². The summed E-state index contributed by atoms with van der Waals surface area (Å²) in [6, 6.07) is 54.0. The summed E-state index contributed by atoms with van der Waals surface area (Å²) in [6.07, 6.45) is 7.68. The second-order valence-corrected chi connectivity index (χ2v) is 36.6. The second-order valence-electron chi connectivity index (χ2n) is 29.6. The van der Waals surface area contributed by atoms with E-state index in [2.05, 4.69) is 92.2 Å². The van der Waals surface area contributed by atoms with Crippen molar-refractivity contribution in [1.29, 1.82) is 21.0 Å². The molecular formula is C88H110N14O14S4. The molecule has 8 aromatic rings. The second kappa shape index (κ2) is 45.8. The fraction of sp³-hybridized carbons (Fsp3) is 0.409. The third-order valence-corrected chi connectivity index (χ3v) is 26.3. The quantitative estimate of drug-likeness (QED) is 0.0182. The summed E-state index contributed by atoms with van der Waals surface area (Å²) in [7, 11) is -13.8. The first kappa shape index (κ1) is 94.1. The van der Waals surface area contributed by atoms with Crippen LogP contribution in [0.2, 0.25) is 0 Å². The maximum Gasteiger partial charge on any atom is 0.250 e. The molecule has 0 aromatic heterocycles. The van der Waals surface area contributed by atoms with Gasteiger partial charge < -0.3 is 54.8 Å². The molecule has 28 nitrogen and oxygen atoms in total. The van der Waals surface area contributed by atoms with Crippen LogP contribution < -0.4 is 38.9 Å². The first-order valence-corrected chi connectivity index (χ1v) is 46.4. The fourth-order valence-corrected chi connectivity index (χ4v) is 17.2. The zero-order chi connectivity index (χ0) is 86.4. The average molecular weight is 1720 g/mol. The third kappa shape index (κ3) is 28.2. The number of piperidine rings is 1. The smallest absolute Gasteiger partial charge is 0.250 e. The summed E-state index contributed by atoms with van der Waals surface area (Å²) in [5.41, 5.74) is 7.04. The van der Waals surface area contributed by atoms with Crippen molar-refractivity contribution in [3.05, 3.63) is 187 Å². The van der Waals surface area contributed by atoms with Crippen LogP contribution in [0.5, 0.6) is 0 Å². The molecule has 4 heterocycles. The summed E-state index contributed by atoms with van der Waals surface area (Å²) in [6.45, 7) is 21.2. The summed E-state index contributed by atoms with van der Waals surface area (Å²) in [5, 5.41) is 87.2. The van der Waals surface area contributed by atoms with Crippen LogP contribution in [0.3, 0.4) is 0 Å². The number of aliphatic hydroxyl groups excluding tert-OH is 4. The van der Waals surface area contributed by atoms with Gasteiger partial charge in [-0.15, -0.1) is 0 Å². The molecule has 12 rings (SSSR count). The number of allylic oxidation sites excluding steroid dienone is 4. The lowest BCUT2D eigenvalue weighted by Gasteiger charge is -2.34. The molecule has 4 unspecified atom stereocenters. The number of rotatable bonds is 31. The Labute approximate surface area is 706 Å². The normalized spacial score (nSPS) is 16.7. The van der Waals surface area contributed by atoms with Gasteiger partial charge in [0.25, 0.3) is 40.1 Å². The van der Waals surface area contributed by atoms with Crippen LogP contribution >= 0.6 is 0 Å². The maximum atomic E-state index is 12.4. The van der Waals surface area contributed by atoms with Crippen molar-refractivity contribution in [3.8, 4) is 24.3 Å². The summed E-state index contributed by atoms with van der Waals surface area (Å²) < 4.78 is 119. The van der Waals surface area contributed by atoms with Gasteiger partial charge in [0.15, 0.2) is 19.6 Å². The molecule has 0 bridgehead atoms. The fourth-order valence-electron chi connectivity index (χ4n) is 13.3. The molecule has 4 aliphatic heterocycles. The zero-order valence-corrected chi connectivity index (χ0v) is 71.9. The van der Waals surface area contributed by atoms with Crippen LogP contribution in [0, 0.1) is 45.3 Å². The summed E-state index contributed by atoms with van der Waals surface area (Å²) >= 11 is 0. The van der Waals surface area contributed by atoms with Gasteiger partial charge in [-0.05, 0) is 214 Å². The number of anilines is 4. The number of nitriles is 4. The largest absolute Gasteiger partial charge is 0.392 e. The highest BCUT2D eigenvalue weighted by Gasteiger charge is 2.25. The molecule has 8 aromatic carbocycles. The number of hydrogen-bond donors (Lipinski definition) is 9. The number of sulfonamides is 4. The number of aliphatic hydroxyl groups is 4. The number of benzene rings is 8. The number of hydrogen-bond acceptors (Lipinski definition) is 24. The average Bonchev–Trinajstić information content (AvgIpc) is 0.819. The lowest BCUT2D eigenvalue weighted by atomic mass is 10.0. The lowest BCUT2D eigenvalue weighted by Crippen LogP contribution is -2.44. The van der Waals surface area contributed by atoms with Gasteiger partial charge in [0, 0.05) is 127 Å². The predicted molar refractivity (Wildman–Crippen MR) is 478 cm³/mol. The molecule has 640 valence electrons. The van der Waals surface area contributed by atoms with Crippen molar-refractivity contribution in [2.45, 2.75) is 97.1 Å². The molecule has 0 spiro atoms. The van der Waals surface area contributed by atoms with Gasteiger partial charge in [-0.25, -0.2) is 52.6 Å². The minimum atomic E-state index is -3.99. The number of nitrogens with one attached hydrogen (secondary N) is 5. The minimum absolute atomic E-state index is 0.116. The zero-order valence-electron chi connectivity index (χ0n) is 68.6. The van der Waals surface area contributed by atoms with E-state index in [-0.39, 0.29) is 45.8 Å². The number of likely N-dealkylation sites (N-methyl/N-ethyl adjacent to an activating group) is 1. The van der Waals surface area contributed by atoms with Crippen molar-refractivity contribution in [3.63, 3.8) is 0 Å². The van der Waals surface area contributed by atoms with Crippen LogP contribution in [0.25, 0.3) is 67.4 Å². The van der Waals surface area contributed by atoms with E-state index in [1.165, 1.54) is 54.9 Å². The van der Waals surface area contributed by atoms with Crippen LogP contribution in [0.4, 0.5) is 22.7 Å². The van der Waals surface area contributed by atoms with Crippen molar-refractivity contribution < 1.29 is 63.6 Å². The van der Waals surface area contributed by atoms with Crippen LogP contribution in [-0.2, 0) is 49.6 Å². The number of piperazine rings is 1. The Hall–Kier alpha value is -9.76. The highest BCUT2D eigenvalue weighted by Crippen LogP contribution is 2.31. The van der Waals surface area contributed by atoms with Gasteiger partial charge in [-0.3, -0.25) is 4.90 Å². The van der Waals surface area contributed by atoms with Gasteiger partial charge in [-0.2, -0.15) is 21.0 Å². The van der Waals surface area contributed by atoms with Gasteiger partial charge in [0.1, 0.15) is 24.3 Å². The first-order valence-electron chi connectivity index (χ1n) is 40.5. The molecule has 32 heteroatoms. The van der Waals surface area contributed by atoms with Crippen molar-refractivity contribution in [1.82, 2.24) is 28.7 Å². The van der Waals surface area contributed by atoms with Gasteiger partial charge >= 0.3 is 0 Å². The Kier molecular flexibility index (Phi) is 35.9. The Morgan fingerprint density at radius 1 is 0.375 bits per heavy atom. The van der Waals surface area contributed by atoms with Crippen molar-refractivity contribution in [2.75, 3.05) is 158 Å². The molecule has 0 saturated carbocycles. The Bertz CT molecular complexity index is 5430. The van der Waals surface area contributed by atoms with E-state index < -0.39 is 64.5 Å². The lowest BCUT2D eigenvalue weighted by molar-refractivity contribution is 0.0398. The number of fused-ring (bicyclic) bond motifs is 4. The van der Waals surface area contributed by atoms with E-state index in [9.17, 15) is 75.1 Å². The Morgan fingerprint density at radius 2 is 0.658 bits per heavy atom. The molecule has 4 aliphatic rings. The summed E-state index contributed by atoms with van der Waals surface area (Å²) in [4.78, 5) is 10.2. The molecule has 120 heavy (non-hydrogen) atoms. The molecule has 0 aliphatic carbocycles. The Balaban J connectivity index is 0.000000182. The molecule has 4 atom stereocenters. The standard InChI is InChI=1S/C23H30N4O4S.C22H28N4O3S.C22H27N3O3S.C21H25N3O4S/c1-2-22(28)17-26-32(29,30)23(16-24)14-18-3-4-20-15-21(6-5-19(20)13-18)25-7-8-27-9-11-31-12-10-27;1-3-21(27)16-24-30(28,29)22(15-23)13-17-4-5-19-14-20(7-6-18(19)12-17)26-10-8-25(2)9-11-26;1-2-21(26)16-24-29(27,28)22(15-23)13-17-6-7-19-14-20(9-8-18(19)12-17)25-10-4-3-5-11-25;1-2-20(25)15-23-29(26,27)21(14-22)12-16-3-4-18-13-19(6-5-17(18)11-16)24-7-9-28-10-8-24/h3-6,13-15,22,25-26,28H,2,7-12,17H2,1H3;4-7,12-14,21,24,27H,3,8-11,16H2,1-2H3;6-9,12-14,21,24,26H,2-5,10-11,16H2,1H3;3-6,11-13,20,23,25H,2,7-10,15H2,1H3/b23-14+;2*22-13+;21-12+. The third-order valence-electron chi connectivity index (χ3n) is 20.9. The summed E-state index contributed by atoms with van der Waals surface area (Å²) in [5.74, 6) is 0. The van der Waals surface area contributed by atoms with E-state index in [1.807, 2.05) is 97.1 Å². The van der Waals surface area contributed by atoms with Crippen LogP contribution in [0.1, 0.15) is 94.9 Å². The minimum Gasteiger partial charge on any atom is -0.392 e. The molecule has 0 radical (unpaired) electrons. The predicted octanol–water partition coefficient (Wildman–Crippen LogP) is 9.90. The van der Waals surface area contributed by atoms with Gasteiger partial charge in [-0.1, -0.05) is 100 Å². The van der Waals surface area contributed by atoms with E-state index in [0.29, 0.717) is 47.9 Å². The van der Waals surface area contributed by atoms with E-state index in [1.54, 1.807) is 64.1 Å².